The van der Waals surface area contributed by atoms with Crippen molar-refractivity contribution >= 4 is 34.6 Å². The van der Waals surface area contributed by atoms with Gasteiger partial charge in [0.05, 0.1) is 51.0 Å². The SMILES string of the molecule is CCn1cc[n+](CC)c1N=Nc1ccc(N2CCN(c3ccc(N=Nc4n(CC)cc[n+]4CC)cc3C)CC2)c(C)c1. The number of rotatable bonds is 10. The fraction of sp³-hybridized carbons (Fsp3) is 0.438. The Morgan fingerprint density at radius 3 is 1.33 bits per heavy atom. The average Bonchev–Trinajstić information content (AvgIpc) is 3.61. The molecule has 42 heavy (non-hydrogen) atoms. The number of hydrogen-bond donors (Lipinski definition) is 0. The highest BCUT2D eigenvalue weighted by molar-refractivity contribution is 5.62. The largest absolute Gasteiger partial charge is 0.421 e. The summed E-state index contributed by atoms with van der Waals surface area (Å²) in [6.45, 7) is 20.2. The van der Waals surface area contributed by atoms with Gasteiger partial charge in [0.1, 0.15) is 11.4 Å². The van der Waals surface area contributed by atoms with Gasteiger partial charge < -0.3 is 9.80 Å². The first-order valence-corrected chi connectivity index (χ1v) is 15.2. The molecule has 0 unspecified atom stereocenters. The Labute approximate surface area is 249 Å². The highest BCUT2D eigenvalue weighted by atomic mass is 15.3. The predicted molar refractivity (Wildman–Crippen MR) is 167 cm³/mol. The van der Waals surface area contributed by atoms with Crippen LogP contribution < -0.4 is 18.9 Å². The topological polar surface area (TPSA) is 73.5 Å². The smallest absolute Gasteiger partial charge is 0.368 e. The molecule has 2 aromatic heterocycles. The van der Waals surface area contributed by atoms with Gasteiger partial charge in [0.2, 0.25) is 0 Å². The van der Waals surface area contributed by atoms with Crippen LogP contribution in [0.4, 0.5) is 34.6 Å². The maximum atomic E-state index is 4.58. The normalized spacial score (nSPS) is 14.1. The second kappa shape index (κ2) is 13.1. The molecule has 220 valence electrons. The van der Waals surface area contributed by atoms with Crippen molar-refractivity contribution in [1.29, 1.82) is 0 Å². The number of aromatic nitrogens is 4. The summed E-state index contributed by atoms with van der Waals surface area (Å²) in [4.78, 5) is 4.95. The zero-order valence-corrected chi connectivity index (χ0v) is 25.9. The van der Waals surface area contributed by atoms with Gasteiger partial charge in [-0.3, -0.25) is 0 Å². The van der Waals surface area contributed by atoms with E-state index in [0.29, 0.717) is 0 Å². The number of nitrogens with zero attached hydrogens (tertiary/aromatic N) is 10. The van der Waals surface area contributed by atoms with Crippen molar-refractivity contribution < 1.29 is 9.13 Å². The number of piperazine rings is 1. The third-order valence-electron chi connectivity index (χ3n) is 8.08. The molecule has 0 N–H and O–H groups in total. The molecule has 1 fully saturated rings. The first kappa shape index (κ1) is 29.2. The molecule has 0 atom stereocenters. The van der Waals surface area contributed by atoms with E-state index < -0.39 is 0 Å². The summed E-state index contributed by atoms with van der Waals surface area (Å²) in [5.41, 5.74) is 6.73. The van der Waals surface area contributed by atoms with Crippen molar-refractivity contribution in [1.82, 2.24) is 9.13 Å². The van der Waals surface area contributed by atoms with Crippen molar-refractivity contribution in [2.45, 2.75) is 67.7 Å². The van der Waals surface area contributed by atoms with E-state index in [4.69, 9.17) is 0 Å². The van der Waals surface area contributed by atoms with Gasteiger partial charge in [-0.05, 0) is 89.1 Å². The first-order chi connectivity index (χ1) is 20.4. The Morgan fingerprint density at radius 2 is 1.00 bits per heavy atom. The lowest BCUT2D eigenvalue weighted by atomic mass is 10.1. The summed E-state index contributed by atoms with van der Waals surface area (Å²) in [7, 11) is 0. The zero-order chi connectivity index (χ0) is 29.6. The van der Waals surface area contributed by atoms with E-state index in [1.165, 1.54) is 22.5 Å². The molecule has 1 saturated heterocycles. The molecule has 0 spiro atoms. The zero-order valence-electron chi connectivity index (χ0n) is 25.9. The molecule has 10 nitrogen and oxygen atoms in total. The van der Waals surface area contributed by atoms with Gasteiger partial charge in [-0.25, -0.2) is 18.3 Å². The van der Waals surface area contributed by atoms with Gasteiger partial charge in [-0.2, -0.15) is 0 Å². The number of imidazole rings is 2. The van der Waals surface area contributed by atoms with Crippen LogP contribution in [-0.4, -0.2) is 35.3 Å². The summed E-state index contributed by atoms with van der Waals surface area (Å²) < 4.78 is 8.44. The van der Waals surface area contributed by atoms with Crippen LogP contribution in [0.1, 0.15) is 38.8 Å². The summed E-state index contributed by atoms with van der Waals surface area (Å²) in [5.74, 6) is 1.75. The van der Waals surface area contributed by atoms with Crippen LogP contribution in [0.5, 0.6) is 0 Å². The van der Waals surface area contributed by atoms with Crippen LogP contribution >= 0.6 is 0 Å². The minimum absolute atomic E-state index is 0.868. The van der Waals surface area contributed by atoms with Crippen LogP contribution in [0.2, 0.25) is 0 Å². The molecule has 4 aromatic rings. The molecule has 0 radical (unpaired) electrons. The lowest BCUT2D eigenvalue weighted by Gasteiger charge is -2.38. The summed E-state index contributed by atoms with van der Waals surface area (Å²) in [6.07, 6.45) is 8.23. The number of hydrogen-bond acceptors (Lipinski definition) is 6. The highest BCUT2D eigenvalue weighted by Gasteiger charge is 2.21. The Balaban J connectivity index is 1.22. The molecule has 3 heterocycles. The lowest BCUT2D eigenvalue weighted by molar-refractivity contribution is -0.680. The van der Waals surface area contributed by atoms with E-state index in [2.05, 4.69) is 151 Å². The summed E-state index contributed by atoms with van der Waals surface area (Å²) >= 11 is 0. The first-order valence-electron chi connectivity index (χ1n) is 15.2. The molecule has 1 aliphatic heterocycles. The van der Waals surface area contributed by atoms with Gasteiger partial charge in [0.25, 0.3) is 0 Å². The Kier molecular flexibility index (Phi) is 9.09. The van der Waals surface area contributed by atoms with Crippen molar-refractivity contribution in [3.8, 4) is 0 Å². The lowest BCUT2D eigenvalue weighted by Crippen LogP contribution is -2.47. The van der Waals surface area contributed by atoms with E-state index in [9.17, 15) is 0 Å². The van der Waals surface area contributed by atoms with Crippen molar-refractivity contribution in [3.05, 3.63) is 72.3 Å². The van der Waals surface area contributed by atoms with Gasteiger partial charge >= 0.3 is 11.9 Å². The van der Waals surface area contributed by atoms with Gasteiger partial charge in [-0.1, -0.05) is 10.2 Å². The number of anilines is 2. The molecular weight excluding hydrogens is 524 g/mol. The van der Waals surface area contributed by atoms with E-state index >= 15 is 0 Å². The molecule has 0 saturated carbocycles. The van der Waals surface area contributed by atoms with Crippen LogP contribution in [0.3, 0.4) is 0 Å². The van der Waals surface area contributed by atoms with Gasteiger partial charge in [0, 0.05) is 47.8 Å². The Bertz CT molecular complexity index is 1410. The quantitative estimate of drug-likeness (QED) is 0.157. The van der Waals surface area contributed by atoms with Crippen molar-refractivity contribution in [2.24, 2.45) is 20.5 Å². The van der Waals surface area contributed by atoms with Crippen molar-refractivity contribution in [2.75, 3.05) is 36.0 Å². The minimum atomic E-state index is 0.868. The van der Waals surface area contributed by atoms with Crippen LogP contribution in [0, 0.1) is 13.8 Å². The minimum Gasteiger partial charge on any atom is -0.368 e. The van der Waals surface area contributed by atoms with Crippen LogP contribution in [0.25, 0.3) is 0 Å². The van der Waals surface area contributed by atoms with Gasteiger partial charge in [0.15, 0.2) is 0 Å². The molecule has 0 bridgehead atoms. The third-order valence-corrected chi connectivity index (χ3v) is 8.08. The molecule has 5 rings (SSSR count). The van der Waals surface area contributed by atoms with Crippen LogP contribution in [-0.2, 0) is 26.2 Å². The Morgan fingerprint density at radius 1 is 0.595 bits per heavy atom. The second-order valence-electron chi connectivity index (χ2n) is 10.7. The Hall–Kier alpha value is -4.34. The van der Waals surface area contributed by atoms with Crippen molar-refractivity contribution in [3.63, 3.8) is 0 Å². The third kappa shape index (κ3) is 6.12. The molecule has 1 aliphatic rings. The van der Waals surface area contributed by atoms with E-state index in [1.54, 1.807) is 0 Å². The molecular formula is C32H44N10+2. The second-order valence-corrected chi connectivity index (χ2v) is 10.7. The summed E-state index contributed by atoms with van der Waals surface area (Å²) in [6, 6.07) is 12.8. The average molecular weight is 569 g/mol. The maximum absolute atomic E-state index is 4.58. The number of azo groups is 2. The number of aryl methyl sites for hydroxylation is 6. The molecule has 10 heteroatoms. The van der Waals surface area contributed by atoms with E-state index in [-0.39, 0.29) is 0 Å². The number of benzene rings is 2. The fourth-order valence-electron chi connectivity index (χ4n) is 5.64. The molecule has 0 amide bonds. The van der Waals surface area contributed by atoms with Crippen LogP contribution in [0.15, 0.2) is 81.6 Å². The maximum Gasteiger partial charge on any atom is 0.421 e. The highest BCUT2D eigenvalue weighted by Crippen LogP contribution is 2.30. The predicted octanol–water partition coefficient (Wildman–Crippen LogP) is 6.72. The van der Waals surface area contributed by atoms with E-state index in [1.807, 2.05) is 0 Å². The summed E-state index contributed by atoms with van der Waals surface area (Å²) in [5, 5.41) is 18.3. The molecule has 2 aromatic carbocycles. The van der Waals surface area contributed by atoms with E-state index in [0.717, 1.165) is 75.6 Å². The monoisotopic (exact) mass is 568 g/mol. The van der Waals surface area contributed by atoms with Gasteiger partial charge in [-0.15, -0.1) is 0 Å². The fourth-order valence-corrected chi connectivity index (χ4v) is 5.64. The standard InChI is InChI=1S/C32H44N10/c1-7-37-15-16-38(8-2)31(37)35-33-27-11-13-29(25(5)23-27)41-19-21-42(22-20-41)30-14-12-28(24-26(30)6)34-36-32-39(9-3)17-18-40(32)10-4/h11-18,23-24H,7-10,19-22H2,1-6H3/q+2. The molecule has 0 aliphatic carbocycles.